The highest BCUT2D eigenvalue weighted by Crippen LogP contribution is 2.28. The standard InChI is InChI=1S/C8H13N3OS2/c1-6-10-7(14-11-6)9-4-8(12)2-3-13-5-8/h12H,2-5H2,1H3,(H,9,10,11). The van der Waals surface area contributed by atoms with Gasteiger partial charge in [-0.3, -0.25) is 0 Å². The van der Waals surface area contributed by atoms with E-state index < -0.39 is 5.60 Å². The van der Waals surface area contributed by atoms with E-state index in [0.717, 1.165) is 28.9 Å². The molecule has 1 unspecified atom stereocenters. The molecule has 6 heteroatoms. The number of aromatic nitrogens is 2. The maximum Gasteiger partial charge on any atom is 0.202 e. The van der Waals surface area contributed by atoms with E-state index in [9.17, 15) is 5.11 Å². The van der Waals surface area contributed by atoms with Gasteiger partial charge in [-0.15, -0.1) is 0 Å². The lowest BCUT2D eigenvalue weighted by Gasteiger charge is -2.20. The van der Waals surface area contributed by atoms with Crippen molar-refractivity contribution < 1.29 is 5.11 Å². The molecule has 0 aliphatic carbocycles. The Morgan fingerprint density at radius 3 is 3.07 bits per heavy atom. The summed E-state index contributed by atoms with van der Waals surface area (Å²) >= 11 is 3.14. The summed E-state index contributed by atoms with van der Waals surface area (Å²) in [7, 11) is 0. The zero-order valence-corrected chi connectivity index (χ0v) is 9.62. The molecule has 78 valence electrons. The zero-order valence-electron chi connectivity index (χ0n) is 7.99. The molecule has 2 rings (SSSR count). The quantitative estimate of drug-likeness (QED) is 0.816. The van der Waals surface area contributed by atoms with Gasteiger partial charge in [0, 0.05) is 23.8 Å². The maximum absolute atomic E-state index is 10.0. The van der Waals surface area contributed by atoms with Crippen LogP contribution in [-0.4, -0.2) is 38.1 Å². The van der Waals surface area contributed by atoms with Gasteiger partial charge >= 0.3 is 0 Å². The van der Waals surface area contributed by atoms with E-state index in [0.29, 0.717) is 6.54 Å². The number of hydrogen-bond donors (Lipinski definition) is 2. The second-order valence-corrected chi connectivity index (χ2v) is 5.38. The first-order valence-corrected chi connectivity index (χ1v) is 6.45. The smallest absolute Gasteiger partial charge is 0.202 e. The monoisotopic (exact) mass is 231 g/mol. The van der Waals surface area contributed by atoms with Gasteiger partial charge in [-0.1, -0.05) is 0 Å². The topological polar surface area (TPSA) is 58.0 Å². The van der Waals surface area contributed by atoms with E-state index in [1.54, 1.807) is 11.8 Å². The van der Waals surface area contributed by atoms with E-state index >= 15 is 0 Å². The van der Waals surface area contributed by atoms with Crippen LogP contribution in [0.25, 0.3) is 0 Å². The largest absolute Gasteiger partial charge is 0.387 e. The van der Waals surface area contributed by atoms with Crippen molar-refractivity contribution in [2.45, 2.75) is 18.9 Å². The molecule has 0 amide bonds. The summed E-state index contributed by atoms with van der Waals surface area (Å²) in [6, 6.07) is 0. The van der Waals surface area contributed by atoms with E-state index in [1.165, 1.54) is 11.5 Å². The Kier molecular flexibility index (Phi) is 2.94. The molecule has 0 saturated carbocycles. The normalized spacial score (nSPS) is 26.7. The third-order valence-electron chi connectivity index (χ3n) is 2.18. The van der Waals surface area contributed by atoms with Crippen LogP contribution in [0, 0.1) is 6.92 Å². The highest BCUT2D eigenvalue weighted by Gasteiger charge is 2.31. The lowest BCUT2D eigenvalue weighted by atomic mass is 10.0. The van der Waals surface area contributed by atoms with Crippen LogP contribution < -0.4 is 5.32 Å². The zero-order chi connectivity index (χ0) is 10.0. The SMILES string of the molecule is Cc1nsc(NCC2(O)CCSC2)n1. The summed E-state index contributed by atoms with van der Waals surface area (Å²) in [5, 5.41) is 14.0. The molecule has 1 saturated heterocycles. The Morgan fingerprint density at radius 2 is 2.50 bits per heavy atom. The van der Waals surface area contributed by atoms with Gasteiger partial charge in [-0.2, -0.15) is 16.1 Å². The molecular weight excluding hydrogens is 218 g/mol. The Bertz CT molecular complexity index is 309. The second kappa shape index (κ2) is 4.04. The summed E-state index contributed by atoms with van der Waals surface area (Å²) in [5.74, 6) is 2.65. The molecule has 0 radical (unpaired) electrons. The Morgan fingerprint density at radius 1 is 1.64 bits per heavy atom. The lowest BCUT2D eigenvalue weighted by Crippen LogP contribution is -2.36. The fraction of sp³-hybridized carbons (Fsp3) is 0.750. The average molecular weight is 231 g/mol. The van der Waals surface area contributed by atoms with Gasteiger partial charge in [-0.05, 0) is 19.1 Å². The van der Waals surface area contributed by atoms with Crippen molar-refractivity contribution in [2.24, 2.45) is 0 Å². The number of aryl methyl sites for hydroxylation is 1. The summed E-state index contributed by atoms with van der Waals surface area (Å²) in [6.07, 6.45) is 0.864. The van der Waals surface area contributed by atoms with Gasteiger partial charge in [-0.25, -0.2) is 4.98 Å². The third kappa shape index (κ3) is 2.37. The van der Waals surface area contributed by atoms with Crippen molar-refractivity contribution in [1.29, 1.82) is 0 Å². The van der Waals surface area contributed by atoms with E-state index in [1.807, 2.05) is 6.92 Å². The van der Waals surface area contributed by atoms with Crippen LogP contribution in [0.5, 0.6) is 0 Å². The fourth-order valence-electron chi connectivity index (χ4n) is 1.34. The Labute approximate surface area is 91.3 Å². The minimum absolute atomic E-state index is 0.551. The van der Waals surface area contributed by atoms with Crippen LogP contribution in [0.2, 0.25) is 0 Å². The van der Waals surface area contributed by atoms with E-state index in [4.69, 9.17) is 0 Å². The fourth-order valence-corrected chi connectivity index (χ4v) is 3.21. The predicted molar refractivity (Wildman–Crippen MR) is 60.0 cm³/mol. The Balaban J connectivity index is 1.87. The van der Waals surface area contributed by atoms with Gasteiger partial charge < -0.3 is 10.4 Å². The summed E-state index contributed by atoms with van der Waals surface area (Å²) in [5.41, 5.74) is -0.551. The van der Waals surface area contributed by atoms with Crippen LogP contribution in [0.15, 0.2) is 0 Å². The van der Waals surface area contributed by atoms with Crippen molar-refractivity contribution >= 4 is 28.4 Å². The molecule has 1 aromatic rings. The van der Waals surface area contributed by atoms with Crippen LogP contribution in [-0.2, 0) is 0 Å². The summed E-state index contributed by atoms with van der Waals surface area (Å²) in [4.78, 5) is 4.18. The average Bonchev–Trinajstić information content (AvgIpc) is 2.73. The number of thioether (sulfide) groups is 1. The van der Waals surface area contributed by atoms with E-state index in [-0.39, 0.29) is 0 Å². The van der Waals surface area contributed by atoms with Gasteiger partial charge in [0.05, 0.1) is 5.60 Å². The number of rotatable bonds is 3. The molecular formula is C8H13N3OS2. The van der Waals surface area contributed by atoms with Gasteiger partial charge in [0.1, 0.15) is 5.82 Å². The number of anilines is 1. The first-order valence-electron chi connectivity index (χ1n) is 4.52. The van der Waals surface area contributed by atoms with Crippen molar-refractivity contribution in [2.75, 3.05) is 23.4 Å². The molecule has 4 nitrogen and oxygen atoms in total. The molecule has 14 heavy (non-hydrogen) atoms. The van der Waals surface area contributed by atoms with Crippen LogP contribution >= 0.6 is 23.3 Å². The van der Waals surface area contributed by atoms with Crippen molar-refractivity contribution in [3.05, 3.63) is 5.82 Å². The molecule has 1 fully saturated rings. The van der Waals surface area contributed by atoms with Crippen molar-refractivity contribution in [1.82, 2.24) is 9.36 Å². The van der Waals surface area contributed by atoms with Crippen LogP contribution in [0.4, 0.5) is 5.13 Å². The third-order valence-corrected chi connectivity index (χ3v) is 4.18. The molecule has 1 atom stereocenters. The predicted octanol–water partition coefficient (Wildman–Crippen LogP) is 1.13. The molecule has 1 aliphatic heterocycles. The first kappa shape index (κ1) is 10.2. The summed E-state index contributed by atoms with van der Waals surface area (Å²) in [6.45, 7) is 2.44. The second-order valence-electron chi connectivity index (χ2n) is 3.53. The molecule has 0 bridgehead atoms. The Hall–Kier alpha value is -0.330. The first-order chi connectivity index (χ1) is 6.68. The van der Waals surface area contributed by atoms with Crippen LogP contribution in [0.3, 0.4) is 0 Å². The summed E-state index contributed by atoms with van der Waals surface area (Å²) < 4.78 is 4.07. The molecule has 2 heterocycles. The van der Waals surface area contributed by atoms with Crippen molar-refractivity contribution in [3.8, 4) is 0 Å². The molecule has 1 aromatic heterocycles. The maximum atomic E-state index is 10.0. The molecule has 0 aromatic carbocycles. The van der Waals surface area contributed by atoms with Gasteiger partial charge in [0.2, 0.25) is 5.13 Å². The number of aliphatic hydroxyl groups is 1. The van der Waals surface area contributed by atoms with Gasteiger partial charge in [0.25, 0.3) is 0 Å². The minimum atomic E-state index is -0.551. The molecule has 0 spiro atoms. The highest BCUT2D eigenvalue weighted by molar-refractivity contribution is 7.99. The number of nitrogens with zero attached hydrogens (tertiary/aromatic N) is 2. The molecule has 2 N–H and O–H groups in total. The minimum Gasteiger partial charge on any atom is -0.387 e. The van der Waals surface area contributed by atoms with Crippen molar-refractivity contribution in [3.63, 3.8) is 0 Å². The highest BCUT2D eigenvalue weighted by atomic mass is 32.2. The van der Waals surface area contributed by atoms with Crippen LogP contribution in [0.1, 0.15) is 12.2 Å². The lowest BCUT2D eigenvalue weighted by molar-refractivity contribution is 0.0820. The molecule has 1 aliphatic rings. The van der Waals surface area contributed by atoms with E-state index in [2.05, 4.69) is 14.7 Å². The number of hydrogen-bond acceptors (Lipinski definition) is 6. The number of nitrogens with one attached hydrogen (secondary N) is 1. The van der Waals surface area contributed by atoms with Gasteiger partial charge in [0.15, 0.2) is 0 Å².